The van der Waals surface area contributed by atoms with Crippen LogP contribution in [0, 0.1) is 23.7 Å². The third-order valence-corrected chi connectivity index (χ3v) is 7.92. The van der Waals surface area contributed by atoms with Crippen LogP contribution in [-0.2, 0) is 30.3 Å². The van der Waals surface area contributed by atoms with Crippen molar-refractivity contribution in [1.29, 1.82) is 0 Å². The zero-order valence-corrected chi connectivity index (χ0v) is 22.8. The first-order chi connectivity index (χ1) is 19.5. The number of amides is 1. The van der Waals surface area contributed by atoms with Gasteiger partial charge in [0.05, 0.1) is 39.3 Å². The van der Waals surface area contributed by atoms with Crippen molar-refractivity contribution in [3.8, 4) is 0 Å². The maximum Gasteiger partial charge on any atom is 0.338 e. The van der Waals surface area contributed by atoms with Crippen molar-refractivity contribution < 1.29 is 44.0 Å². The highest BCUT2D eigenvalue weighted by atomic mass is 35.5. The minimum atomic E-state index is -1.73. The number of carboxylic acids is 3. The van der Waals surface area contributed by atoms with Gasteiger partial charge in [0.1, 0.15) is 6.10 Å². The van der Waals surface area contributed by atoms with Crippen LogP contribution in [0.1, 0.15) is 22.3 Å². The zero-order valence-electron chi connectivity index (χ0n) is 21.3. The largest absolute Gasteiger partial charge is 0.481 e. The first-order valence-electron chi connectivity index (χ1n) is 12.6. The number of hydrogen-bond donors (Lipinski definition) is 4. The van der Waals surface area contributed by atoms with Gasteiger partial charge in [0.25, 0.3) is 0 Å². The fourth-order valence-electron chi connectivity index (χ4n) is 5.14. The summed E-state index contributed by atoms with van der Waals surface area (Å²) < 4.78 is 5.78. The van der Waals surface area contributed by atoms with E-state index in [-0.39, 0.29) is 19.4 Å². The topological polar surface area (TPSA) is 167 Å². The Balaban J connectivity index is 1.48. The lowest BCUT2D eigenvalue weighted by molar-refractivity contribution is -0.187. The summed E-state index contributed by atoms with van der Waals surface area (Å²) in [5.74, 6) is -12.9. The monoisotopic (exact) mass is 601 g/mol. The normalized spacial score (nSPS) is 20.4. The molecule has 3 aromatic rings. The Bertz CT molecular complexity index is 1500. The summed E-state index contributed by atoms with van der Waals surface area (Å²) in [6.45, 7) is -0.108. The number of carbonyl (C=O) groups is 5. The first kappa shape index (κ1) is 29.8. The van der Waals surface area contributed by atoms with Crippen molar-refractivity contribution >= 4 is 63.8 Å². The molecule has 10 nitrogen and oxygen atoms in total. The number of carbonyl (C=O) groups excluding carboxylic acids is 2. The van der Waals surface area contributed by atoms with Crippen LogP contribution in [0.15, 0.2) is 60.7 Å². The zero-order chi connectivity index (χ0) is 29.8. The number of nitrogens with one attached hydrogen (secondary N) is 1. The Morgan fingerprint density at radius 3 is 1.98 bits per heavy atom. The maximum atomic E-state index is 13.1. The van der Waals surface area contributed by atoms with E-state index in [9.17, 15) is 39.3 Å². The molecule has 1 fully saturated rings. The first-order valence-corrected chi connectivity index (χ1v) is 13.3. The van der Waals surface area contributed by atoms with Gasteiger partial charge in [0, 0.05) is 19.4 Å². The van der Waals surface area contributed by atoms with Gasteiger partial charge in [-0.05, 0) is 40.6 Å². The number of hydrogen-bond acceptors (Lipinski definition) is 6. The van der Waals surface area contributed by atoms with Crippen molar-refractivity contribution in [2.75, 3.05) is 6.54 Å². The number of ether oxygens (including phenoxy) is 1. The summed E-state index contributed by atoms with van der Waals surface area (Å²) >= 11 is 12.1. The van der Waals surface area contributed by atoms with E-state index in [4.69, 9.17) is 27.9 Å². The molecule has 4 rings (SSSR count). The Hall–Kier alpha value is -4.15. The van der Waals surface area contributed by atoms with E-state index in [0.29, 0.717) is 21.2 Å². The summed E-state index contributed by atoms with van der Waals surface area (Å²) in [4.78, 5) is 60.7. The molecule has 3 aromatic carbocycles. The lowest BCUT2D eigenvalue weighted by Gasteiger charge is -2.43. The molecule has 0 bridgehead atoms. The molecule has 1 aliphatic rings. The molecule has 0 aromatic heterocycles. The number of benzene rings is 3. The quantitative estimate of drug-likeness (QED) is 0.236. The van der Waals surface area contributed by atoms with E-state index in [1.54, 1.807) is 36.4 Å². The molecule has 0 radical (unpaired) electrons. The van der Waals surface area contributed by atoms with Crippen LogP contribution in [-0.4, -0.2) is 57.8 Å². The molecule has 1 amide bonds. The minimum absolute atomic E-state index is 0.0792. The predicted octanol–water partition coefficient (Wildman–Crippen LogP) is 4.15. The second kappa shape index (κ2) is 12.6. The molecular formula is C29H25Cl2NO9. The molecule has 2 unspecified atom stereocenters. The third-order valence-electron chi connectivity index (χ3n) is 7.18. The second-order valence-corrected chi connectivity index (χ2v) is 10.6. The van der Waals surface area contributed by atoms with Crippen molar-refractivity contribution in [2.45, 2.75) is 18.9 Å². The highest BCUT2D eigenvalue weighted by molar-refractivity contribution is 6.42. The highest BCUT2D eigenvalue weighted by Gasteiger charge is 2.64. The van der Waals surface area contributed by atoms with Gasteiger partial charge in [-0.15, -0.1) is 0 Å². The maximum absolute atomic E-state index is 13.1. The Morgan fingerprint density at radius 2 is 1.37 bits per heavy atom. The van der Waals surface area contributed by atoms with E-state index in [1.807, 2.05) is 24.3 Å². The molecule has 0 heterocycles. The SMILES string of the molecule is O=C(O[C@@H](CCNC(=O)C1[C@H](C(=O)O)C(C(=O)O)[C@@H]1C(=O)O)Cc1ccc(Cl)c(Cl)c1)c1ccc2ccccc2c1. The number of esters is 1. The molecule has 5 atom stereocenters. The van der Waals surface area contributed by atoms with E-state index in [2.05, 4.69) is 5.32 Å². The summed E-state index contributed by atoms with van der Waals surface area (Å²) in [6.07, 6.45) is -0.493. The second-order valence-electron chi connectivity index (χ2n) is 9.74. The average Bonchev–Trinajstić information content (AvgIpc) is 2.89. The number of halogens is 2. The van der Waals surface area contributed by atoms with E-state index in [1.165, 1.54) is 0 Å². The van der Waals surface area contributed by atoms with Gasteiger partial charge < -0.3 is 25.4 Å². The van der Waals surface area contributed by atoms with Crippen LogP contribution in [0.5, 0.6) is 0 Å². The van der Waals surface area contributed by atoms with Gasteiger partial charge in [-0.1, -0.05) is 59.6 Å². The van der Waals surface area contributed by atoms with E-state index < -0.39 is 59.6 Å². The lowest BCUT2D eigenvalue weighted by Crippen LogP contribution is -2.62. The van der Waals surface area contributed by atoms with Crippen molar-refractivity contribution in [3.05, 3.63) is 81.8 Å². The Labute approximate surface area is 243 Å². The molecule has 41 heavy (non-hydrogen) atoms. The van der Waals surface area contributed by atoms with Crippen LogP contribution in [0.2, 0.25) is 10.0 Å². The molecule has 1 aliphatic carbocycles. The van der Waals surface area contributed by atoms with Gasteiger partial charge in [-0.3, -0.25) is 19.2 Å². The molecule has 12 heteroatoms. The standard InChI is InChI=1S/C29H25Cl2NO9/c30-19-8-5-14(12-20(19)31)11-18(41-29(40)17-7-6-15-3-1-2-4-16(15)13-17)9-10-32-25(33)21-22(26(34)35)24(28(38)39)23(21)27(36)37/h1-8,12-13,18,21-24H,9-11H2,(H,32,33)(H,34,35)(H,36,37)(H,38,39)/t18-,21?,22-,23+,24?/m0/s1. The van der Waals surface area contributed by atoms with Gasteiger partial charge >= 0.3 is 23.9 Å². The number of carboxylic acid groups (broad SMARTS) is 3. The van der Waals surface area contributed by atoms with Crippen molar-refractivity contribution in [2.24, 2.45) is 23.7 Å². The fourth-order valence-corrected chi connectivity index (χ4v) is 5.46. The molecule has 0 saturated heterocycles. The molecular weight excluding hydrogens is 577 g/mol. The average molecular weight is 602 g/mol. The van der Waals surface area contributed by atoms with Crippen molar-refractivity contribution in [3.63, 3.8) is 0 Å². The van der Waals surface area contributed by atoms with Crippen LogP contribution in [0.3, 0.4) is 0 Å². The molecule has 214 valence electrons. The molecule has 4 N–H and O–H groups in total. The van der Waals surface area contributed by atoms with Crippen molar-refractivity contribution in [1.82, 2.24) is 5.32 Å². The third kappa shape index (κ3) is 6.61. The minimum Gasteiger partial charge on any atom is -0.481 e. The smallest absolute Gasteiger partial charge is 0.338 e. The highest BCUT2D eigenvalue weighted by Crippen LogP contribution is 2.47. The van der Waals surface area contributed by atoms with Crippen LogP contribution >= 0.6 is 23.2 Å². The Morgan fingerprint density at radius 1 is 0.756 bits per heavy atom. The molecule has 1 saturated carbocycles. The number of fused-ring (bicyclic) bond motifs is 1. The van der Waals surface area contributed by atoms with E-state index in [0.717, 1.165) is 10.8 Å². The van der Waals surface area contributed by atoms with Crippen LogP contribution in [0.25, 0.3) is 10.8 Å². The summed E-state index contributed by atoms with van der Waals surface area (Å²) in [7, 11) is 0. The fraction of sp³-hybridized carbons (Fsp3) is 0.276. The molecule has 0 spiro atoms. The Kier molecular flexibility index (Phi) is 9.14. The predicted molar refractivity (Wildman–Crippen MR) is 148 cm³/mol. The van der Waals surface area contributed by atoms with Gasteiger partial charge in [-0.2, -0.15) is 0 Å². The molecule has 0 aliphatic heterocycles. The van der Waals surface area contributed by atoms with E-state index >= 15 is 0 Å². The lowest BCUT2D eigenvalue weighted by atomic mass is 9.56. The van der Waals surface area contributed by atoms with Gasteiger partial charge in [0.2, 0.25) is 5.91 Å². The summed E-state index contributed by atoms with van der Waals surface area (Å²) in [5, 5.41) is 33.1. The van der Waals surface area contributed by atoms with Gasteiger partial charge in [-0.25, -0.2) is 4.79 Å². The van der Waals surface area contributed by atoms with Crippen LogP contribution in [0.4, 0.5) is 0 Å². The number of aliphatic carboxylic acids is 3. The summed E-state index contributed by atoms with van der Waals surface area (Å²) in [6, 6.07) is 17.5. The van der Waals surface area contributed by atoms with Gasteiger partial charge in [0.15, 0.2) is 0 Å². The number of rotatable bonds is 11. The summed E-state index contributed by atoms with van der Waals surface area (Å²) in [5.41, 5.74) is 1.01. The van der Waals surface area contributed by atoms with Crippen LogP contribution < -0.4 is 5.32 Å².